The molecule has 2 aromatic carbocycles. The third-order valence-electron chi connectivity index (χ3n) is 3.97. The molecule has 4 nitrogen and oxygen atoms in total. The molecule has 6 heteroatoms. The lowest BCUT2D eigenvalue weighted by Crippen LogP contribution is -2.27. The standard InChI is InChI=1S/C17H14BrNO3S/c1-10-6-12(3-4-13(10)18)19-16(20)8-23-17(19)11-2-5-14-15(7-11)22-9-21-14/h2-7,17H,8-9H2,1H3/t17-/m1/s1. The predicted molar refractivity (Wildman–Crippen MR) is 94.1 cm³/mol. The van der Waals surface area contributed by atoms with Crippen molar-refractivity contribution in [1.29, 1.82) is 0 Å². The van der Waals surface area contributed by atoms with Crippen LogP contribution in [0.2, 0.25) is 0 Å². The van der Waals surface area contributed by atoms with E-state index in [0.717, 1.165) is 32.8 Å². The number of ether oxygens (including phenoxy) is 2. The van der Waals surface area contributed by atoms with Gasteiger partial charge in [0.15, 0.2) is 11.5 Å². The van der Waals surface area contributed by atoms with Crippen LogP contribution in [0, 0.1) is 6.92 Å². The van der Waals surface area contributed by atoms with Crippen LogP contribution in [0.1, 0.15) is 16.5 Å². The minimum atomic E-state index is -0.0439. The molecule has 1 fully saturated rings. The van der Waals surface area contributed by atoms with Crippen molar-refractivity contribution in [2.24, 2.45) is 0 Å². The second kappa shape index (κ2) is 5.76. The topological polar surface area (TPSA) is 38.8 Å². The number of hydrogen-bond donors (Lipinski definition) is 0. The molecule has 2 aliphatic rings. The largest absolute Gasteiger partial charge is 0.454 e. The Hall–Kier alpha value is -1.66. The van der Waals surface area contributed by atoms with Gasteiger partial charge in [0.2, 0.25) is 12.7 Å². The summed E-state index contributed by atoms with van der Waals surface area (Å²) in [6, 6.07) is 11.9. The van der Waals surface area contributed by atoms with Crippen LogP contribution in [-0.4, -0.2) is 18.5 Å². The molecule has 0 radical (unpaired) electrons. The fraction of sp³-hybridized carbons (Fsp3) is 0.235. The van der Waals surface area contributed by atoms with Gasteiger partial charge in [0.1, 0.15) is 5.37 Å². The van der Waals surface area contributed by atoms with E-state index in [-0.39, 0.29) is 18.1 Å². The molecule has 4 rings (SSSR count). The molecule has 23 heavy (non-hydrogen) atoms. The molecule has 0 saturated carbocycles. The lowest BCUT2D eigenvalue weighted by atomic mass is 10.1. The van der Waals surface area contributed by atoms with E-state index in [0.29, 0.717) is 5.75 Å². The zero-order valence-corrected chi connectivity index (χ0v) is 14.8. The molecule has 1 amide bonds. The molecule has 118 valence electrons. The van der Waals surface area contributed by atoms with Gasteiger partial charge in [-0.1, -0.05) is 22.0 Å². The number of nitrogens with zero attached hydrogens (tertiary/aromatic N) is 1. The van der Waals surface area contributed by atoms with Crippen LogP contribution in [0.5, 0.6) is 11.5 Å². The summed E-state index contributed by atoms with van der Waals surface area (Å²) < 4.78 is 11.9. The van der Waals surface area contributed by atoms with Gasteiger partial charge in [-0.25, -0.2) is 0 Å². The van der Waals surface area contributed by atoms with Crippen molar-refractivity contribution in [3.63, 3.8) is 0 Å². The van der Waals surface area contributed by atoms with Crippen LogP contribution in [0.25, 0.3) is 0 Å². The Labute approximate surface area is 146 Å². The Morgan fingerprint density at radius 3 is 2.83 bits per heavy atom. The first kappa shape index (κ1) is 14.9. The highest BCUT2D eigenvalue weighted by Crippen LogP contribution is 2.45. The van der Waals surface area contributed by atoms with E-state index < -0.39 is 0 Å². The van der Waals surface area contributed by atoms with Gasteiger partial charge in [-0.2, -0.15) is 0 Å². The predicted octanol–water partition coefficient (Wildman–Crippen LogP) is 4.26. The molecular weight excluding hydrogens is 378 g/mol. The molecular formula is C17H14BrNO3S. The lowest BCUT2D eigenvalue weighted by Gasteiger charge is -2.25. The number of fused-ring (bicyclic) bond motifs is 1. The summed E-state index contributed by atoms with van der Waals surface area (Å²) in [6.45, 7) is 2.28. The summed E-state index contributed by atoms with van der Waals surface area (Å²) in [7, 11) is 0. The van der Waals surface area contributed by atoms with Gasteiger partial charge < -0.3 is 9.47 Å². The molecule has 2 aromatic rings. The highest BCUT2D eigenvalue weighted by Gasteiger charge is 2.35. The average molecular weight is 392 g/mol. The fourth-order valence-electron chi connectivity index (χ4n) is 2.80. The molecule has 2 aliphatic heterocycles. The minimum absolute atomic E-state index is 0.0439. The maximum atomic E-state index is 12.4. The third kappa shape index (κ3) is 2.60. The van der Waals surface area contributed by atoms with E-state index in [2.05, 4.69) is 15.9 Å². The molecule has 2 heterocycles. The first-order chi connectivity index (χ1) is 11.1. The van der Waals surface area contributed by atoms with E-state index in [9.17, 15) is 4.79 Å². The Kier molecular flexibility index (Phi) is 3.73. The molecule has 0 N–H and O–H groups in total. The third-order valence-corrected chi connectivity index (χ3v) is 6.07. The summed E-state index contributed by atoms with van der Waals surface area (Å²) in [4.78, 5) is 14.3. The number of anilines is 1. The number of hydrogen-bond acceptors (Lipinski definition) is 4. The summed E-state index contributed by atoms with van der Waals surface area (Å²) in [5.41, 5.74) is 3.07. The summed E-state index contributed by atoms with van der Waals surface area (Å²) in [5, 5.41) is -0.0439. The van der Waals surface area contributed by atoms with Gasteiger partial charge in [-0.15, -0.1) is 11.8 Å². The second-order valence-electron chi connectivity index (χ2n) is 5.47. The van der Waals surface area contributed by atoms with Gasteiger partial charge in [0.25, 0.3) is 0 Å². The first-order valence-electron chi connectivity index (χ1n) is 7.23. The number of carbonyl (C=O) groups excluding carboxylic acids is 1. The Morgan fingerprint density at radius 1 is 1.17 bits per heavy atom. The number of aryl methyl sites for hydroxylation is 1. The van der Waals surface area contributed by atoms with E-state index in [1.165, 1.54) is 0 Å². The van der Waals surface area contributed by atoms with Crippen LogP contribution in [-0.2, 0) is 4.79 Å². The summed E-state index contributed by atoms with van der Waals surface area (Å²) >= 11 is 5.14. The van der Waals surface area contributed by atoms with Crippen molar-refractivity contribution in [2.45, 2.75) is 12.3 Å². The summed E-state index contributed by atoms with van der Waals surface area (Å²) in [5.74, 6) is 2.11. The van der Waals surface area contributed by atoms with Crippen molar-refractivity contribution in [3.8, 4) is 11.5 Å². The van der Waals surface area contributed by atoms with Gasteiger partial charge in [-0.05, 0) is 48.4 Å². The van der Waals surface area contributed by atoms with Crippen molar-refractivity contribution in [2.75, 3.05) is 17.4 Å². The highest BCUT2D eigenvalue weighted by molar-refractivity contribution is 9.10. The highest BCUT2D eigenvalue weighted by atomic mass is 79.9. The van der Waals surface area contributed by atoms with E-state index in [4.69, 9.17) is 9.47 Å². The zero-order valence-electron chi connectivity index (χ0n) is 12.4. The zero-order chi connectivity index (χ0) is 16.0. The van der Waals surface area contributed by atoms with Crippen LogP contribution >= 0.6 is 27.7 Å². The molecule has 1 atom stereocenters. The number of thioether (sulfide) groups is 1. The Bertz CT molecular complexity index is 795. The SMILES string of the molecule is Cc1cc(N2C(=O)CS[C@@H]2c2ccc3c(c2)OCO3)ccc1Br. The van der Waals surface area contributed by atoms with Gasteiger partial charge in [0, 0.05) is 10.2 Å². The second-order valence-corrected chi connectivity index (χ2v) is 7.40. The van der Waals surface area contributed by atoms with Crippen molar-refractivity contribution in [3.05, 3.63) is 52.0 Å². The van der Waals surface area contributed by atoms with Crippen LogP contribution in [0.4, 0.5) is 5.69 Å². The Balaban J connectivity index is 1.72. The van der Waals surface area contributed by atoms with Crippen LogP contribution in [0.15, 0.2) is 40.9 Å². The first-order valence-corrected chi connectivity index (χ1v) is 9.07. The fourth-order valence-corrected chi connectivity index (χ4v) is 4.21. The minimum Gasteiger partial charge on any atom is -0.454 e. The smallest absolute Gasteiger partial charge is 0.238 e. The monoisotopic (exact) mass is 391 g/mol. The maximum absolute atomic E-state index is 12.4. The van der Waals surface area contributed by atoms with E-state index in [1.54, 1.807) is 11.8 Å². The molecule has 0 spiro atoms. The Morgan fingerprint density at radius 2 is 2.00 bits per heavy atom. The van der Waals surface area contributed by atoms with Crippen molar-refractivity contribution in [1.82, 2.24) is 0 Å². The molecule has 0 unspecified atom stereocenters. The molecule has 0 aromatic heterocycles. The van der Waals surface area contributed by atoms with Crippen molar-refractivity contribution >= 4 is 39.3 Å². The molecule has 1 saturated heterocycles. The number of benzene rings is 2. The van der Waals surface area contributed by atoms with Crippen LogP contribution in [0.3, 0.4) is 0 Å². The number of carbonyl (C=O) groups is 1. The van der Waals surface area contributed by atoms with E-state index in [1.807, 2.05) is 48.2 Å². The van der Waals surface area contributed by atoms with E-state index >= 15 is 0 Å². The maximum Gasteiger partial charge on any atom is 0.238 e. The summed E-state index contributed by atoms with van der Waals surface area (Å²) in [6.07, 6.45) is 0. The number of halogens is 1. The lowest BCUT2D eigenvalue weighted by molar-refractivity contribution is -0.115. The van der Waals surface area contributed by atoms with Gasteiger partial charge in [0.05, 0.1) is 5.75 Å². The quantitative estimate of drug-likeness (QED) is 0.766. The van der Waals surface area contributed by atoms with Crippen molar-refractivity contribution < 1.29 is 14.3 Å². The van der Waals surface area contributed by atoms with Gasteiger partial charge in [-0.3, -0.25) is 9.69 Å². The van der Waals surface area contributed by atoms with Crippen LogP contribution < -0.4 is 14.4 Å². The van der Waals surface area contributed by atoms with Gasteiger partial charge >= 0.3 is 0 Å². The number of amides is 1. The molecule has 0 aliphatic carbocycles. The number of rotatable bonds is 2. The normalized spacial score (nSPS) is 19.5. The molecule has 0 bridgehead atoms. The average Bonchev–Trinajstić information content (AvgIpc) is 3.15.